The standard InChI is InChI=1S/C24H33NO6/c1-3-30-24-19(8-7-15-26)20(17-9-11-18(12-10-17)23(28)29-2)16-21(31-24)22(27)25-13-5-4-6-14-25/h9-12,16,19-20,24,26H,3-8,13-15H2,1-2H3/t19-,20+,24+/m0/s1. The van der Waals surface area contributed by atoms with Crippen molar-refractivity contribution in [1.82, 2.24) is 4.90 Å². The minimum absolute atomic E-state index is 0.0611. The number of hydrogen-bond acceptors (Lipinski definition) is 6. The van der Waals surface area contributed by atoms with Crippen LogP contribution in [0.2, 0.25) is 0 Å². The van der Waals surface area contributed by atoms with Crippen LogP contribution in [-0.4, -0.2) is 61.6 Å². The summed E-state index contributed by atoms with van der Waals surface area (Å²) in [5, 5.41) is 9.40. The lowest BCUT2D eigenvalue weighted by Gasteiger charge is -2.38. The van der Waals surface area contributed by atoms with Gasteiger partial charge in [0.05, 0.1) is 12.7 Å². The van der Waals surface area contributed by atoms with Gasteiger partial charge in [-0.1, -0.05) is 12.1 Å². The van der Waals surface area contributed by atoms with Crippen molar-refractivity contribution in [1.29, 1.82) is 0 Å². The van der Waals surface area contributed by atoms with E-state index in [1.807, 2.05) is 30.0 Å². The van der Waals surface area contributed by atoms with E-state index in [-0.39, 0.29) is 30.3 Å². The fraction of sp³-hybridized carbons (Fsp3) is 0.583. The number of aliphatic hydroxyl groups is 1. The van der Waals surface area contributed by atoms with Crippen LogP contribution in [0.5, 0.6) is 0 Å². The van der Waals surface area contributed by atoms with Gasteiger partial charge < -0.3 is 24.2 Å². The average Bonchev–Trinajstić information content (AvgIpc) is 2.82. The van der Waals surface area contributed by atoms with Gasteiger partial charge in [0.1, 0.15) is 0 Å². The van der Waals surface area contributed by atoms with Crippen LogP contribution in [0.1, 0.15) is 60.9 Å². The molecule has 0 unspecified atom stereocenters. The van der Waals surface area contributed by atoms with E-state index >= 15 is 0 Å². The van der Waals surface area contributed by atoms with Crippen LogP contribution in [0.3, 0.4) is 0 Å². The Hall–Kier alpha value is -2.38. The van der Waals surface area contributed by atoms with Gasteiger partial charge in [-0.15, -0.1) is 0 Å². The van der Waals surface area contributed by atoms with Gasteiger partial charge >= 0.3 is 5.97 Å². The lowest BCUT2D eigenvalue weighted by molar-refractivity contribution is -0.170. The van der Waals surface area contributed by atoms with Crippen LogP contribution in [0.25, 0.3) is 0 Å². The van der Waals surface area contributed by atoms with Gasteiger partial charge in [-0.05, 0) is 62.8 Å². The van der Waals surface area contributed by atoms with Crippen molar-refractivity contribution >= 4 is 11.9 Å². The van der Waals surface area contributed by atoms with Gasteiger partial charge in [-0.25, -0.2) is 4.79 Å². The molecule has 7 nitrogen and oxygen atoms in total. The zero-order chi connectivity index (χ0) is 22.2. The maximum Gasteiger partial charge on any atom is 0.337 e. The number of piperidine rings is 1. The number of methoxy groups -OCH3 is 1. The van der Waals surface area contributed by atoms with E-state index in [0.29, 0.717) is 30.8 Å². The zero-order valence-corrected chi connectivity index (χ0v) is 18.4. The summed E-state index contributed by atoms with van der Waals surface area (Å²) >= 11 is 0. The number of aliphatic hydroxyl groups excluding tert-OH is 1. The molecule has 1 N–H and O–H groups in total. The van der Waals surface area contributed by atoms with Gasteiger partial charge in [0.2, 0.25) is 6.29 Å². The number of carbonyl (C=O) groups excluding carboxylic acids is 2. The molecule has 2 aliphatic rings. The van der Waals surface area contributed by atoms with E-state index in [2.05, 4.69) is 0 Å². The minimum atomic E-state index is -0.574. The van der Waals surface area contributed by atoms with Crippen molar-refractivity contribution in [2.45, 2.75) is 51.2 Å². The van der Waals surface area contributed by atoms with Crippen molar-refractivity contribution < 1.29 is 28.9 Å². The molecule has 2 aliphatic heterocycles. The summed E-state index contributed by atoms with van der Waals surface area (Å²) in [6.07, 6.45) is 5.77. The molecular formula is C24H33NO6. The van der Waals surface area contributed by atoms with Gasteiger partial charge in [-0.2, -0.15) is 0 Å². The van der Waals surface area contributed by atoms with E-state index in [1.54, 1.807) is 12.1 Å². The van der Waals surface area contributed by atoms with Gasteiger partial charge in [0.25, 0.3) is 5.91 Å². The summed E-state index contributed by atoms with van der Waals surface area (Å²) in [4.78, 5) is 26.8. The Labute approximate surface area is 184 Å². The van der Waals surface area contributed by atoms with E-state index in [9.17, 15) is 14.7 Å². The molecule has 1 saturated heterocycles. The highest BCUT2D eigenvalue weighted by Crippen LogP contribution is 2.40. The smallest absolute Gasteiger partial charge is 0.337 e. The predicted octanol–water partition coefficient (Wildman–Crippen LogP) is 3.23. The summed E-state index contributed by atoms with van der Waals surface area (Å²) in [5.41, 5.74) is 1.44. The summed E-state index contributed by atoms with van der Waals surface area (Å²) in [6.45, 7) is 3.92. The van der Waals surface area contributed by atoms with Crippen LogP contribution in [0.15, 0.2) is 36.1 Å². The SMILES string of the molecule is CCO[C@@H]1OC(C(=O)N2CCCCC2)=C[C@H](c2ccc(C(=O)OC)cc2)[C@@H]1CCCO. The number of ether oxygens (including phenoxy) is 3. The molecule has 3 atom stereocenters. The third-order valence-electron chi connectivity index (χ3n) is 5.98. The summed E-state index contributed by atoms with van der Waals surface area (Å²) in [6, 6.07) is 7.23. The first-order chi connectivity index (χ1) is 15.1. The maximum atomic E-state index is 13.2. The monoisotopic (exact) mass is 431 g/mol. The van der Waals surface area contributed by atoms with Crippen molar-refractivity contribution in [2.24, 2.45) is 5.92 Å². The molecule has 1 amide bonds. The molecule has 170 valence electrons. The molecule has 2 heterocycles. The van der Waals surface area contributed by atoms with E-state index in [4.69, 9.17) is 14.2 Å². The van der Waals surface area contributed by atoms with Crippen molar-refractivity contribution in [3.8, 4) is 0 Å². The maximum absolute atomic E-state index is 13.2. The summed E-state index contributed by atoms with van der Waals surface area (Å²) in [7, 11) is 1.35. The quantitative estimate of drug-likeness (QED) is 0.636. The van der Waals surface area contributed by atoms with E-state index in [0.717, 1.165) is 37.9 Å². The van der Waals surface area contributed by atoms with Crippen LogP contribution >= 0.6 is 0 Å². The molecule has 1 aromatic rings. The predicted molar refractivity (Wildman–Crippen MR) is 115 cm³/mol. The second-order valence-electron chi connectivity index (χ2n) is 7.99. The lowest BCUT2D eigenvalue weighted by Crippen LogP contribution is -2.42. The highest BCUT2D eigenvalue weighted by Gasteiger charge is 2.39. The lowest BCUT2D eigenvalue weighted by atomic mass is 9.80. The third kappa shape index (κ3) is 5.66. The minimum Gasteiger partial charge on any atom is -0.465 e. The molecule has 0 bridgehead atoms. The molecule has 1 aromatic carbocycles. The molecule has 0 spiro atoms. The second-order valence-corrected chi connectivity index (χ2v) is 7.99. The molecular weight excluding hydrogens is 398 g/mol. The fourth-order valence-electron chi connectivity index (χ4n) is 4.35. The topological polar surface area (TPSA) is 85.3 Å². The number of benzene rings is 1. The number of carbonyl (C=O) groups is 2. The van der Waals surface area contributed by atoms with Crippen LogP contribution in [0.4, 0.5) is 0 Å². The molecule has 0 aromatic heterocycles. The molecule has 0 radical (unpaired) electrons. The molecule has 3 rings (SSSR count). The first kappa shape index (κ1) is 23.3. The number of likely N-dealkylation sites (tertiary alicyclic amines) is 1. The van der Waals surface area contributed by atoms with Gasteiger partial charge in [0.15, 0.2) is 5.76 Å². The molecule has 31 heavy (non-hydrogen) atoms. The number of hydrogen-bond donors (Lipinski definition) is 1. The highest BCUT2D eigenvalue weighted by atomic mass is 16.7. The highest BCUT2D eigenvalue weighted by molar-refractivity contribution is 5.92. The molecule has 0 aliphatic carbocycles. The Kier molecular flexibility index (Phi) is 8.49. The Morgan fingerprint density at radius 3 is 2.48 bits per heavy atom. The fourth-order valence-corrected chi connectivity index (χ4v) is 4.35. The number of esters is 1. The normalized spacial score (nSPS) is 23.6. The largest absolute Gasteiger partial charge is 0.465 e. The van der Waals surface area contributed by atoms with Crippen LogP contribution in [0, 0.1) is 5.92 Å². The first-order valence-electron chi connectivity index (χ1n) is 11.2. The van der Waals surface area contributed by atoms with Crippen molar-refractivity contribution in [3.63, 3.8) is 0 Å². The summed E-state index contributed by atoms with van der Waals surface area (Å²) < 4.78 is 16.8. The number of allylic oxidation sites excluding steroid dienone is 1. The second kappa shape index (κ2) is 11.3. The number of rotatable bonds is 8. The van der Waals surface area contributed by atoms with Crippen LogP contribution in [-0.2, 0) is 19.0 Å². The first-order valence-corrected chi connectivity index (χ1v) is 11.2. The zero-order valence-electron chi connectivity index (χ0n) is 18.4. The third-order valence-corrected chi connectivity index (χ3v) is 5.98. The van der Waals surface area contributed by atoms with Gasteiger partial charge in [-0.3, -0.25) is 4.79 Å². The molecule has 7 heteroatoms. The van der Waals surface area contributed by atoms with Crippen molar-refractivity contribution in [2.75, 3.05) is 33.4 Å². The van der Waals surface area contributed by atoms with E-state index < -0.39 is 6.29 Å². The van der Waals surface area contributed by atoms with Crippen molar-refractivity contribution in [3.05, 3.63) is 47.2 Å². The Morgan fingerprint density at radius 1 is 1.16 bits per heavy atom. The summed E-state index contributed by atoms with van der Waals surface area (Å²) in [5.74, 6) is -0.357. The Balaban J connectivity index is 1.93. The average molecular weight is 432 g/mol. The number of nitrogens with zero attached hydrogens (tertiary/aromatic N) is 1. The van der Waals surface area contributed by atoms with Crippen LogP contribution < -0.4 is 0 Å². The Morgan fingerprint density at radius 2 is 1.87 bits per heavy atom. The van der Waals surface area contributed by atoms with Gasteiger partial charge in [0, 0.05) is 38.1 Å². The molecule has 0 saturated carbocycles. The molecule has 1 fully saturated rings. The number of amides is 1. The Bertz CT molecular complexity index is 769. The van der Waals surface area contributed by atoms with E-state index in [1.165, 1.54) is 7.11 Å².